The lowest BCUT2D eigenvalue weighted by Crippen LogP contribution is -2.45. The summed E-state index contributed by atoms with van der Waals surface area (Å²) < 4.78 is 0. The second-order valence-electron chi connectivity index (χ2n) is 5.35. The van der Waals surface area contributed by atoms with Gasteiger partial charge in [0.15, 0.2) is 0 Å². The first-order valence-corrected chi connectivity index (χ1v) is 8.29. The predicted molar refractivity (Wildman–Crippen MR) is 84.9 cm³/mol. The first kappa shape index (κ1) is 15.9. The van der Waals surface area contributed by atoms with Gasteiger partial charge in [-0.2, -0.15) is 0 Å². The van der Waals surface area contributed by atoms with Crippen LogP contribution in [0.25, 0.3) is 0 Å². The van der Waals surface area contributed by atoms with Gasteiger partial charge in [-0.1, -0.05) is 28.1 Å². The van der Waals surface area contributed by atoms with Crippen molar-refractivity contribution in [3.05, 3.63) is 39.4 Å². The van der Waals surface area contributed by atoms with E-state index in [9.17, 15) is 14.9 Å². The molecule has 0 spiro atoms. The predicted octanol–water partition coefficient (Wildman–Crippen LogP) is 3.68. The van der Waals surface area contributed by atoms with Crippen LogP contribution >= 0.6 is 15.9 Å². The lowest BCUT2D eigenvalue weighted by atomic mass is 9.90. The molecule has 0 saturated heterocycles. The molecule has 0 aromatic heterocycles. The van der Waals surface area contributed by atoms with E-state index in [1.807, 2.05) is 4.90 Å². The molecule has 114 valence electrons. The van der Waals surface area contributed by atoms with Crippen LogP contribution in [0.1, 0.15) is 41.6 Å². The number of rotatable bonds is 6. The van der Waals surface area contributed by atoms with Crippen LogP contribution in [0.3, 0.4) is 0 Å². The van der Waals surface area contributed by atoms with Crippen molar-refractivity contribution in [1.82, 2.24) is 4.90 Å². The normalized spacial score (nSPS) is 14.6. The minimum absolute atomic E-state index is 0.0943. The number of amides is 1. The number of nitrogens with zero attached hydrogens (tertiary/aromatic N) is 2. The number of halogens is 1. The fourth-order valence-corrected chi connectivity index (χ4v) is 2.86. The van der Waals surface area contributed by atoms with Crippen LogP contribution in [0.2, 0.25) is 0 Å². The van der Waals surface area contributed by atoms with Crippen molar-refractivity contribution >= 4 is 27.5 Å². The van der Waals surface area contributed by atoms with Crippen molar-refractivity contribution in [1.29, 1.82) is 0 Å². The van der Waals surface area contributed by atoms with Crippen LogP contribution in [0.4, 0.5) is 5.69 Å². The van der Waals surface area contributed by atoms with Crippen molar-refractivity contribution in [3.63, 3.8) is 0 Å². The number of alkyl halides is 1. The molecule has 1 fully saturated rings. The maximum atomic E-state index is 12.8. The fourth-order valence-electron chi connectivity index (χ4n) is 2.60. The summed E-state index contributed by atoms with van der Waals surface area (Å²) in [6.07, 6.45) is 3.96. The number of nitro groups is 1. The summed E-state index contributed by atoms with van der Waals surface area (Å²) in [5, 5.41) is 12.0. The van der Waals surface area contributed by atoms with Crippen molar-refractivity contribution in [2.24, 2.45) is 0 Å². The summed E-state index contributed by atoms with van der Waals surface area (Å²) in [6, 6.07) is 5.01. The second kappa shape index (κ2) is 7.02. The number of hydrogen-bond donors (Lipinski definition) is 0. The Balaban J connectivity index is 2.33. The van der Waals surface area contributed by atoms with Gasteiger partial charge in [0.2, 0.25) is 0 Å². The standard InChI is InChI=1S/C15H19BrN2O3/c1-11-5-2-8-13(18(20)21)14(11)15(19)17(10-4-9-16)12-6-3-7-12/h2,5,8,12H,3-4,6-7,9-10H2,1H3. The van der Waals surface area contributed by atoms with Crippen molar-refractivity contribution in [2.45, 2.75) is 38.6 Å². The number of nitro benzene ring substituents is 1. The Labute approximate surface area is 132 Å². The van der Waals surface area contributed by atoms with Gasteiger partial charge < -0.3 is 4.90 Å². The highest BCUT2D eigenvalue weighted by Gasteiger charge is 2.33. The molecular weight excluding hydrogens is 336 g/mol. The molecular formula is C15H19BrN2O3. The van der Waals surface area contributed by atoms with Crippen LogP contribution in [0, 0.1) is 17.0 Å². The molecule has 1 aliphatic carbocycles. The maximum Gasteiger partial charge on any atom is 0.282 e. The summed E-state index contributed by atoms with van der Waals surface area (Å²) in [4.78, 5) is 25.4. The van der Waals surface area contributed by atoms with Gasteiger partial charge in [-0.05, 0) is 38.2 Å². The summed E-state index contributed by atoms with van der Waals surface area (Å²) in [5.41, 5.74) is 0.810. The van der Waals surface area contributed by atoms with Gasteiger partial charge in [0.25, 0.3) is 11.6 Å². The smallest absolute Gasteiger partial charge is 0.282 e. The summed E-state index contributed by atoms with van der Waals surface area (Å²) in [6.45, 7) is 2.39. The molecule has 0 N–H and O–H groups in total. The summed E-state index contributed by atoms with van der Waals surface area (Å²) >= 11 is 3.38. The topological polar surface area (TPSA) is 63.5 Å². The van der Waals surface area contributed by atoms with Gasteiger partial charge in [-0.25, -0.2) is 0 Å². The second-order valence-corrected chi connectivity index (χ2v) is 6.14. The van der Waals surface area contributed by atoms with Gasteiger partial charge in [0.05, 0.1) is 4.92 Å². The molecule has 5 nitrogen and oxygen atoms in total. The minimum Gasteiger partial charge on any atom is -0.335 e. The lowest BCUT2D eigenvalue weighted by Gasteiger charge is -2.37. The number of hydrogen-bond acceptors (Lipinski definition) is 3. The molecule has 21 heavy (non-hydrogen) atoms. The van der Waals surface area contributed by atoms with Gasteiger partial charge in [0, 0.05) is 24.0 Å². The third kappa shape index (κ3) is 3.43. The van der Waals surface area contributed by atoms with E-state index >= 15 is 0 Å². The third-order valence-corrected chi connectivity index (χ3v) is 4.53. The fraction of sp³-hybridized carbons (Fsp3) is 0.533. The molecule has 0 radical (unpaired) electrons. The highest BCUT2D eigenvalue weighted by molar-refractivity contribution is 9.09. The minimum atomic E-state index is -0.469. The monoisotopic (exact) mass is 354 g/mol. The van der Waals surface area contributed by atoms with Crippen molar-refractivity contribution in [3.8, 4) is 0 Å². The van der Waals surface area contributed by atoms with Gasteiger partial charge in [-0.3, -0.25) is 14.9 Å². The molecule has 1 amide bonds. The molecule has 1 aromatic carbocycles. The zero-order valence-electron chi connectivity index (χ0n) is 12.0. The average molecular weight is 355 g/mol. The van der Waals surface area contributed by atoms with Crippen molar-refractivity contribution in [2.75, 3.05) is 11.9 Å². The lowest BCUT2D eigenvalue weighted by molar-refractivity contribution is -0.385. The SMILES string of the molecule is Cc1cccc([N+](=O)[O-])c1C(=O)N(CCCBr)C1CCC1. The molecule has 0 aliphatic heterocycles. The van der Waals surface area contributed by atoms with E-state index in [4.69, 9.17) is 0 Å². The Morgan fingerprint density at radius 1 is 1.48 bits per heavy atom. The Morgan fingerprint density at radius 3 is 2.71 bits per heavy atom. The van der Waals surface area contributed by atoms with Crippen LogP contribution < -0.4 is 0 Å². The molecule has 2 rings (SSSR count). The maximum absolute atomic E-state index is 12.8. The quantitative estimate of drug-likeness (QED) is 0.444. The van der Waals surface area contributed by atoms with Gasteiger partial charge >= 0.3 is 0 Å². The number of carbonyl (C=O) groups is 1. The van der Waals surface area contributed by atoms with E-state index in [0.717, 1.165) is 31.0 Å². The Hall–Kier alpha value is -1.43. The van der Waals surface area contributed by atoms with E-state index in [0.29, 0.717) is 12.1 Å². The molecule has 6 heteroatoms. The first-order valence-electron chi connectivity index (χ1n) is 7.17. The molecule has 0 atom stereocenters. The molecule has 1 aromatic rings. The number of benzene rings is 1. The Kier molecular flexibility index (Phi) is 5.33. The zero-order chi connectivity index (χ0) is 15.4. The van der Waals surface area contributed by atoms with Crippen LogP contribution in [-0.2, 0) is 0 Å². The largest absolute Gasteiger partial charge is 0.335 e. The van der Waals surface area contributed by atoms with Crippen LogP contribution in [0.5, 0.6) is 0 Å². The van der Waals surface area contributed by atoms with E-state index < -0.39 is 4.92 Å². The highest BCUT2D eigenvalue weighted by Crippen LogP contribution is 2.30. The highest BCUT2D eigenvalue weighted by atomic mass is 79.9. The molecule has 0 heterocycles. The van der Waals surface area contributed by atoms with Gasteiger partial charge in [-0.15, -0.1) is 0 Å². The third-order valence-electron chi connectivity index (χ3n) is 3.97. The Morgan fingerprint density at radius 2 is 2.19 bits per heavy atom. The Bertz CT molecular complexity index is 544. The summed E-state index contributed by atoms with van der Waals surface area (Å²) in [7, 11) is 0. The molecule has 0 bridgehead atoms. The molecule has 1 saturated carbocycles. The number of aryl methyl sites for hydroxylation is 1. The van der Waals surface area contributed by atoms with E-state index in [1.165, 1.54) is 6.07 Å². The van der Waals surface area contributed by atoms with E-state index in [2.05, 4.69) is 15.9 Å². The zero-order valence-corrected chi connectivity index (χ0v) is 13.6. The van der Waals surface area contributed by atoms with Crippen LogP contribution in [-0.4, -0.2) is 33.6 Å². The molecule has 0 unspecified atom stereocenters. The van der Waals surface area contributed by atoms with E-state index in [1.54, 1.807) is 19.1 Å². The molecule has 1 aliphatic rings. The average Bonchev–Trinajstić information content (AvgIpc) is 2.40. The van der Waals surface area contributed by atoms with Crippen molar-refractivity contribution < 1.29 is 9.72 Å². The number of carbonyl (C=O) groups excluding carboxylic acids is 1. The van der Waals surface area contributed by atoms with Gasteiger partial charge in [0.1, 0.15) is 5.56 Å². The van der Waals surface area contributed by atoms with E-state index in [-0.39, 0.29) is 23.2 Å². The summed E-state index contributed by atoms with van der Waals surface area (Å²) in [5.74, 6) is -0.203. The first-order chi connectivity index (χ1) is 10.1. The van der Waals surface area contributed by atoms with Crippen LogP contribution in [0.15, 0.2) is 18.2 Å².